The Morgan fingerprint density at radius 1 is 1.19 bits per heavy atom. The second-order valence-electron chi connectivity index (χ2n) is 5.96. The van der Waals surface area contributed by atoms with Crippen LogP contribution in [-0.2, 0) is 9.53 Å². The van der Waals surface area contributed by atoms with Gasteiger partial charge >= 0.3 is 6.09 Å². The number of nitrogens with zero attached hydrogens (tertiary/aromatic N) is 1. The molecule has 0 aliphatic carbocycles. The van der Waals surface area contributed by atoms with Gasteiger partial charge in [0.2, 0.25) is 5.91 Å². The monoisotopic (exact) mass is 365 g/mol. The number of rotatable bonds is 7. The van der Waals surface area contributed by atoms with E-state index in [1.807, 2.05) is 0 Å². The lowest BCUT2D eigenvalue weighted by molar-refractivity contribution is -0.115. The molecule has 0 atom stereocenters. The molecule has 144 valence electrons. The van der Waals surface area contributed by atoms with Crippen molar-refractivity contribution >= 4 is 17.7 Å². The molecule has 2 rings (SSSR count). The molecule has 0 unspecified atom stereocenters. The summed E-state index contributed by atoms with van der Waals surface area (Å²) in [6, 6.07) is 5.42. The molecule has 8 nitrogen and oxygen atoms in total. The first-order chi connectivity index (χ1) is 12.6. The lowest BCUT2D eigenvalue weighted by Gasteiger charge is -2.31. The molecule has 0 bridgehead atoms. The molecule has 1 aliphatic heterocycles. The number of carbonyl (C=O) groups excluding carboxylic acids is 2. The first kappa shape index (κ1) is 19.8. The molecule has 0 saturated carbocycles. The fourth-order valence-corrected chi connectivity index (χ4v) is 2.82. The average Bonchev–Trinajstić information content (AvgIpc) is 2.67. The second kappa shape index (κ2) is 9.86. The van der Waals surface area contributed by atoms with Gasteiger partial charge in [0.1, 0.15) is 11.5 Å². The summed E-state index contributed by atoms with van der Waals surface area (Å²) in [7, 11) is 3.12. The van der Waals surface area contributed by atoms with E-state index >= 15 is 0 Å². The maximum Gasteiger partial charge on any atom is 0.409 e. The molecule has 0 spiro atoms. The Labute approximate surface area is 153 Å². The summed E-state index contributed by atoms with van der Waals surface area (Å²) >= 11 is 0. The third-order valence-corrected chi connectivity index (χ3v) is 4.25. The van der Waals surface area contributed by atoms with Crippen molar-refractivity contribution in [3.05, 3.63) is 18.2 Å². The van der Waals surface area contributed by atoms with Crippen molar-refractivity contribution in [1.82, 2.24) is 10.2 Å². The summed E-state index contributed by atoms with van der Waals surface area (Å²) < 4.78 is 15.4. The van der Waals surface area contributed by atoms with Gasteiger partial charge in [-0.3, -0.25) is 4.79 Å². The number of likely N-dealkylation sites (tertiary alicyclic amines) is 1. The molecule has 0 radical (unpaired) electrons. The molecule has 1 aromatic rings. The summed E-state index contributed by atoms with van der Waals surface area (Å²) in [4.78, 5) is 25.6. The first-order valence-electron chi connectivity index (χ1n) is 8.74. The van der Waals surface area contributed by atoms with E-state index in [1.165, 1.54) is 0 Å². The van der Waals surface area contributed by atoms with Crippen LogP contribution in [-0.4, -0.2) is 63.4 Å². The molecule has 2 N–H and O–H groups in total. The normalized spacial score (nSPS) is 14.7. The third-order valence-electron chi connectivity index (χ3n) is 4.25. The predicted octanol–water partition coefficient (Wildman–Crippen LogP) is 1.85. The van der Waals surface area contributed by atoms with Crippen molar-refractivity contribution in [3.8, 4) is 11.5 Å². The van der Waals surface area contributed by atoms with Crippen LogP contribution in [0.15, 0.2) is 18.2 Å². The van der Waals surface area contributed by atoms with Crippen LogP contribution in [0, 0.1) is 0 Å². The largest absolute Gasteiger partial charge is 0.497 e. The Hall–Kier alpha value is -2.48. The van der Waals surface area contributed by atoms with Crippen LogP contribution in [0.5, 0.6) is 11.5 Å². The molecular weight excluding hydrogens is 338 g/mol. The van der Waals surface area contributed by atoms with Crippen molar-refractivity contribution in [1.29, 1.82) is 0 Å². The number of piperidine rings is 1. The zero-order chi connectivity index (χ0) is 18.9. The number of benzene rings is 1. The minimum Gasteiger partial charge on any atom is -0.497 e. The van der Waals surface area contributed by atoms with Crippen LogP contribution in [0.3, 0.4) is 0 Å². The van der Waals surface area contributed by atoms with Crippen LogP contribution in [0.2, 0.25) is 0 Å². The van der Waals surface area contributed by atoms with E-state index in [1.54, 1.807) is 44.2 Å². The SMILES string of the molecule is CCOC(=O)N1CCC(NCC(=O)Nc2cc(OC)ccc2OC)CC1. The number of ether oxygens (including phenoxy) is 3. The lowest BCUT2D eigenvalue weighted by atomic mass is 10.1. The standard InChI is InChI=1S/C18H27N3O5/c1-4-26-18(23)21-9-7-13(8-10-21)19-12-17(22)20-15-11-14(24-2)5-6-16(15)25-3/h5-6,11,13,19H,4,7-10,12H2,1-3H3,(H,20,22). The number of anilines is 1. The summed E-state index contributed by atoms with van der Waals surface area (Å²) in [6.45, 7) is 3.61. The fourth-order valence-electron chi connectivity index (χ4n) is 2.82. The average molecular weight is 365 g/mol. The van der Waals surface area contributed by atoms with E-state index in [2.05, 4.69) is 10.6 Å². The second-order valence-corrected chi connectivity index (χ2v) is 5.96. The van der Waals surface area contributed by atoms with Gasteiger partial charge in [-0.15, -0.1) is 0 Å². The Kier molecular flexibility index (Phi) is 7.53. The van der Waals surface area contributed by atoms with E-state index in [4.69, 9.17) is 14.2 Å². The lowest BCUT2D eigenvalue weighted by Crippen LogP contribution is -2.46. The van der Waals surface area contributed by atoms with Gasteiger partial charge in [0.25, 0.3) is 0 Å². The van der Waals surface area contributed by atoms with Crippen molar-refractivity contribution < 1.29 is 23.8 Å². The molecule has 1 heterocycles. The van der Waals surface area contributed by atoms with Gasteiger partial charge in [-0.2, -0.15) is 0 Å². The molecule has 26 heavy (non-hydrogen) atoms. The third kappa shape index (κ3) is 5.52. The molecule has 1 saturated heterocycles. The van der Waals surface area contributed by atoms with Crippen LogP contribution < -0.4 is 20.1 Å². The van der Waals surface area contributed by atoms with Gasteiger partial charge in [0.05, 0.1) is 33.1 Å². The summed E-state index contributed by atoms with van der Waals surface area (Å²) in [5.74, 6) is 1.05. The minimum atomic E-state index is -0.270. The number of amides is 2. The molecule has 1 aromatic carbocycles. The zero-order valence-corrected chi connectivity index (χ0v) is 15.5. The number of nitrogens with one attached hydrogen (secondary N) is 2. The summed E-state index contributed by atoms with van der Waals surface area (Å²) in [5.41, 5.74) is 0.566. The first-order valence-corrected chi connectivity index (χ1v) is 8.74. The van der Waals surface area contributed by atoms with Crippen molar-refractivity contribution in [2.45, 2.75) is 25.8 Å². The maximum atomic E-state index is 12.2. The Morgan fingerprint density at radius 2 is 1.92 bits per heavy atom. The van der Waals surface area contributed by atoms with E-state index in [9.17, 15) is 9.59 Å². The molecule has 1 fully saturated rings. The highest BCUT2D eigenvalue weighted by Crippen LogP contribution is 2.28. The Morgan fingerprint density at radius 3 is 2.54 bits per heavy atom. The molecular formula is C18H27N3O5. The fraction of sp³-hybridized carbons (Fsp3) is 0.556. The van der Waals surface area contributed by atoms with Crippen molar-refractivity contribution in [2.75, 3.05) is 45.8 Å². The van der Waals surface area contributed by atoms with Crippen LogP contribution in [0.1, 0.15) is 19.8 Å². The Balaban J connectivity index is 1.79. The predicted molar refractivity (Wildman–Crippen MR) is 97.8 cm³/mol. The van der Waals surface area contributed by atoms with E-state index < -0.39 is 0 Å². The van der Waals surface area contributed by atoms with E-state index in [0.717, 1.165) is 12.8 Å². The molecule has 1 aliphatic rings. The Bertz CT molecular complexity index is 615. The topological polar surface area (TPSA) is 89.1 Å². The maximum absolute atomic E-state index is 12.2. The van der Waals surface area contributed by atoms with Crippen molar-refractivity contribution in [2.24, 2.45) is 0 Å². The highest BCUT2D eigenvalue weighted by molar-refractivity contribution is 5.94. The molecule has 2 amide bonds. The van der Waals surface area contributed by atoms with Crippen LogP contribution in [0.4, 0.5) is 10.5 Å². The summed E-state index contributed by atoms with van der Waals surface area (Å²) in [5, 5.41) is 6.06. The molecule has 8 heteroatoms. The molecule has 0 aromatic heterocycles. The van der Waals surface area contributed by atoms with Gasteiger partial charge in [0, 0.05) is 25.2 Å². The summed E-state index contributed by atoms with van der Waals surface area (Å²) in [6.07, 6.45) is 1.30. The van der Waals surface area contributed by atoms with Crippen molar-refractivity contribution in [3.63, 3.8) is 0 Å². The number of methoxy groups -OCH3 is 2. The smallest absolute Gasteiger partial charge is 0.409 e. The van der Waals surface area contributed by atoms with E-state index in [0.29, 0.717) is 36.9 Å². The highest BCUT2D eigenvalue weighted by atomic mass is 16.6. The number of hydrogen-bond donors (Lipinski definition) is 2. The number of hydrogen-bond acceptors (Lipinski definition) is 6. The van der Waals surface area contributed by atoms with Gasteiger partial charge in [-0.05, 0) is 31.9 Å². The minimum absolute atomic E-state index is 0.163. The van der Waals surface area contributed by atoms with Gasteiger partial charge < -0.3 is 29.7 Å². The van der Waals surface area contributed by atoms with E-state index in [-0.39, 0.29) is 24.6 Å². The zero-order valence-electron chi connectivity index (χ0n) is 15.5. The van der Waals surface area contributed by atoms with Gasteiger partial charge in [0.15, 0.2) is 0 Å². The highest BCUT2D eigenvalue weighted by Gasteiger charge is 2.23. The van der Waals surface area contributed by atoms with Crippen LogP contribution in [0.25, 0.3) is 0 Å². The quantitative estimate of drug-likeness (QED) is 0.767. The van der Waals surface area contributed by atoms with Gasteiger partial charge in [-0.25, -0.2) is 4.79 Å². The van der Waals surface area contributed by atoms with Crippen LogP contribution >= 0.6 is 0 Å². The van der Waals surface area contributed by atoms with Gasteiger partial charge in [-0.1, -0.05) is 0 Å². The number of carbonyl (C=O) groups is 2.